The number of carbonyl (C=O) groups is 1. The van der Waals surface area contributed by atoms with Crippen molar-refractivity contribution in [1.82, 2.24) is 9.88 Å². The van der Waals surface area contributed by atoms with Crippen molar-refractivity contribution in [3.05, 3.63) is 35.3 Å². The Hall–Kier alpha value is -1.60. The van der Waals surface area contributed by atoms with Gasteiger partial charge < -0.3 is 15.0 Å². The number of nitrogens with one attached hydrogen (secondary N) is 1. The summed E-state index contributed by atoms with van der Waals surface area (Å²) >= 11 is 6.61. The molecule has 0 saturated carbocycles. The smallest absolute Gasteiger partial charge is 0.326 e. The van der Waals surface area contributed by atoms with Crippen LogP contribution in [0.15, 0.2) is 18.2 Å². The van der Waals surface area contributed by atoms with Gasteiger partial charge >= 0.3 is 5.97 Å². The number of thioether (sulfide) groups is 1. The Morgan fingerprint density at radius 1 is 1.57 bits per heavy atom. The molecule has 1 atom stereocenters. The zero-order chi connectivity index (χ0) is 15.1. The third-order valence-corrected chi connectivity index (χ3v) is 5.07. The van der Waals surface area contributed by atoms with Gasteiger partial charge in [0.2, 0.25) is 0 Å². The van der Waals surface area contributed by atoms with Crippen molar-refractivity contribution in [2.24, 2.45) is 0 Å². The predicted octanol–water partition coefficient (Wildman–Crippen LogP) is 2.77. The highest BCUT2D eigenvalue weighted by atomic mass is 32.2. The van der Waals surface area contributed by atoms with E-state index in [1.807, 2.05) is 6.26 Å². The van der Waals surface area contributed by atoms with Crippen LogP contribution >= 0.6 is 24.0 Å². The summed E-state index contributed by atoms with van der Waals surface area (Å²) in [5.74, 6) is -1.24. The van der Waals surface area contributed by atoms with E-state index in [2.05, 4.69) is 4.98 Å². The Morgan fingerprint density at radius 3 is 3.00 bits per heavy atom. The van der Waals surface area contributed by atoms with Crippen molar-refractivity contribution in [3.8, 4) is 0 Å². The molecule has 1 aromatic carbocycles. The second-order valence-electron chi connectivity index (χ2n) is 4.93. The number of aliphatic carboxylic acids is 1. The summed E-state index contributed by atoms with van der Waals surface area (Å²) in [5.41, 5.74) is 2.60. The number of benzene rings is 1. The van der Waals surface area contributed by atoms with Crippen LogP contribution < -0.4 is 0 Å². The minimum absolute atomic E-state index is 0.314. The Bertz CT molecular complexity index is 744. The summed E-state index contributed by atoms with van der Waals surface area (Å²) in [6, 6.07) is 3.81. The zero-order valence-corrected chi connectivity index (χ0v) is 12.9. The number of H-pyrrole nitrogens is 1. The van der Waals surface area contributed by atoms with Gasteiger partial charge in [-0.15, -0.1) is 11.8 Å². The standard InChI is InChI=1S/C14H13FN2O2S2/c1-21-14(20)17-6-11-9(5-12(17)13(18)19)8-4-7(15)2-3-10(8)16-11/h2-4,12,16H,5-6H2,1H3,(H,18,19)/t12-/m0/s1. The van der Waals surface area contributed by atoms with Crippen LogP contribution in [-0.4, -0.2) is 37.6 Å². The van der Waals surface area contributed by atoms with Crippen LogP contribution in [0.3, 0.4) is 0 Å². The molecule has 2 N–H and O–H groups in total. The van der Waals surface area contributed by atoms with Gasteiger partial charge in [-0.25, -0.2) is 9.18 Å². The number of rotatable bonds is 1. The van der Waals surface area contributed by atoms with Crippen LogP contribution in [0.5, 0.6) is 0 Å². The number of fused-ring (bicyclic) bond motifs is 3. The molecule has 0 unspecified atom stereocenters. The first-order chi connectivity index (χ1) is 10.0. The normalized spacial score (nSPS) is 17.8. The van der Waals surface area contributed by atoms with Crippen LogP contribution in [0.4, 0.5) is 4.39 Å². The molecule has 7 heteroatoms. The van der Waals surface area contributed by atoms with Gasteiger partial charge in [0.25, 0.3) is 0 Å². The van der Waals surface area contributed by atoms with E-state index in [1.54, 1.807) is 11.0 Å². The fourth-order valence-corrected chi connectivity index (χ4v) is 3.38. The van der Waals surface area contributed by atoms with E-state index in [9.17, 15) is 14.3 Å². The molecule has 0 amide bonds. The Morgan fingerprint density at radius 2 is 2.33 bits per heavy atom. The molecular weight excluding hydrogens is 311 g/mol. The topological polar surface area (TPSA) is 56.3 Å². The third-order valence-electron chi connectivity index (χ3n) is 3.75. The third kappa shape index (κ3) is 2.40. The van der Waals surface area contributed by atoms with Gasteiger partial charge in [-0.2, -0.15) is 0 Å². The zero-order valence-electron chi connectivity index (χ0n) is 11.2. The summed E-state index contributed by atoms with van der Waals surface area (Å²) in [7, 11) is 0. The molecule has 0 radical (unpaired) electrons. The number of hydrogen-bond acceptors (Lipinski definition) is 3. The fraction of sp³-hybridized carbons (Fsp3) is 0.286. The number of carboxylic acids is 1. The molecule has 0 saturated heterocycles. The van der Waals surface area contributed by atoms with Gasteiger partial charge in [0.05, 0.1) is 6.54 Å². The van der Waals surface area contributed by atoms with Crippen LogP contribution in [0.25, 0.3) is 10.9 Å². The number of halogens is 1. The maximum absolute atomic E-state index is 13.4. The summed E-state index contributed by atoms with van der Waals surface area (Å²) in [6.45, 7) is 0.405. The molecule has 0 spiro atoms. The Labute approximate surface area is 130 Å². The average molecular weight is 324 g/mol. The first-order valence-corrected chi connectivity index (χ1v) is 8.01. The van der Waals surface area contributed by atoms with E-state index in [-0.39, 0.29) is 5.82 Å². The summed E-state index contributed by atoms with van der Waals surface area (Å²) in [6.07, 6.45) is 2.15. The summed E-state index contributed by atoms with van der Waals surface area (Å²) in [5, 5.41) is 10.2. The van der Waals surface area contributed by atoms with E-state index in [0.717, 1.165) is 22.2 Å². The molecule has 0 fully saturated rings. The van der Waals surface area contributed by atoms with E-state index < -0.39 is 12.0 Å². The van der Waals surface area contributed by atoms with Crippen molar-refractivity contribution in [2.45, 2.75) is 19.0 Å². The SMILES string of the molecule is CSC(=S)N1Cc2[nH]c3ccc(F)cc3c2C[C@H]1C(=O)O. The van der Waals surface area contributed by atoms with Crippen molar-refractivity contribution < 1.29 is 14.3 Å². The Kier molecular flexibility index (Phi) is 3.62. The number of aromatic amines is 1. The molecule has 110 valence electrons. The van der Waals surface area contributed by atoms with Gasteiger partial charge in [-0.05, 0) is 30.0 Å². The molecular formula is C14H13FN2O2S2. The van der Waals surface area contributed by atoms with Crippen LogP contribution in [0.2, 0.25) is 0 Å². The van der Waals surface area contributed by atoms with Gasteiger partial charge in [-0.3, -0.25) is 0 Å². The van der Waals surface area contributed by atoms with Crippen molar-refractivity contribution >= 4 is 45.2 Å². The highest BCUT2D eigenvalue weighted by molar-refractivity contribution is 8.22. The first-order valence-electron chi connectivity index (χ1n) is 6.37. The van der Waals surface area contributed by atoms with Gasteiger partial charge in [0.1, 0.15) is 16.2 Å². The molecule has 0 bridgehead atoms. The molecule has 2 aromatic rings. The van der Waals surface area contributed by atoms with Gasteiger partial charge in [0, 0.05) is 23.0 Å². The van der Waals surface area contributed by atoms with E-state index in [0.29, 0.717) is 17.3 Å². The molecule has 1 aliphatic rings. The maximum atomic E-state index is 13.4. The van der Waals surface area contributed by atoms with Crippen molar-refractivity contribution in [2.75, 3.05) is 6.26 Å². The number of hydrogen-bond donors (Lipinski definition) is 2. The number of aromatic nitrogens is 1. The lowest BCUT2D eigenvalue weighted by Gasteiger charge is -2.34. The summed E-state index contributed by atoms with van der Waals surface area (Å²) in [4.78, 5) is 16.5. The number of thiocarbonyl (C=S) groups is 1. The van der Waals surface area contributed by atoms with Crippen LogP contribution in [0.1, 0.15) is 11.3 Å². The minimum Gasteiger partial charge on any atom is -0.480 e. The van der Waals surface area contributed by atoms with Gasteiger partial charge in [0.15, 0.2) is 0 Å². The quantitative estimate of drug-likeness (QED) is 0.790. The van der Waals surface area contributed by atoms with E-state index >= 15 is 0 Å². The summed E-state index contributed by atoms with van der Waals surface area (Å²) < 4.78 is 14.0. The molecule has 1 aliphatic heterocycles. The van der Waals surface area contributed by atoms with Crippen LogP contribution in [-0.2, 0) is 17.8 Å². The van der Waals surface area contributed by atoms with E-state index in [4.69, 9.17) is 12.2 Å². The lowest BCUT2D eigenvalue weighted by Crippen LogP contribution is -2.47. The van der Waals surface area contributed by atoms with Crippen molar-refractivity contribution in [3.63, 3.8) is 0 Å². The van der Waals surface area contributed by atoms with Gasteiger partial charge in [-0.1, -0.05) is 12.2 Å². The second kappa shape index (κ2) is 5.31. The fourth-order valence-electron chi connectivity index (χ4n) is 2.76. The lowest BCUT2D eigenvalue weighted by atomic mass is 9.97. The molecule has 2 heterocycles. The molecule has 1 aromatic heterocycles. The largest absolute Gasteiger partial charge is 0.480 e. The monoisotopic (exact) mass is 324 g/mol. The lowest BCUT2D eigenvalue weighted by molar-refractivity contribution is -0.142. The highest BCUT2D eigenvalue weighted by Gasteiger charge is 2.34. The van der Waals surface area contributed by atoms with Crippen molar-refractivity contribution in [1.29, 1.82) is 0 Å². The van der Waals surface area contributed by atoms with E-state index in [1.165, 1.54) is 23.9 Å². The number of carboxylic acid groups (broad SMARTS) is 1. The second-order valence-corrected chi connectivity index (χ2v) is 6.37. The van der Waals surface area contributed by atoms with Crippen LogP contribution in [0, 0.1) is 5.82 Å². The first kappa shape index (κ1) is 14.3. The molecule has 3 rings (SSSR count). The maximum Gasteiger partial charge on any atom is 0.326 e. The minimum atomic E-state index is -0.914. The molecule has 4 nitrogen and oxygen atoms in total. The molecule has 0 aliphatic carbocycles. The predicted molar refractivity (Wildman–Crippen MR) is 85.0 cm³/mol. The number of nitrogens with zero attached hydrogens (tertiary/aromatic N) is 1. The molecule has 21 heavy (non-hydrogen) atoms. The Balaban J connectivity index is 2.10. The highest BCUT2D eigenvalue weighted by Crippen LogP contribution is 2.32. The average Bonchev–Trinajstić information content (AvgIpc) is 2.82.